The van der Waals surface area contributed by atoms with Gasteiger partial charge < -0.3 is 14.2 Å². The minimum Gasteiger partial charge on any atom is -0.254 e. The van der Waals surface area contributed by atoms with Crippen LogP contribution < -0.4 is 14.2 Å². The Morgan fingerprint density at radius 1 is 0.481 bits per heavy atom. The molecule has 6 aromatic rings. The van der Waals surface area contributed by atoms with Crippen molar-refractivity contribution < 1.29 is 64.5 Å². The fraction of sp³-hybridized carbons (Fsp3) is 0.0811. The molecule has 1 radical (unpaired) electrons. The summed E-state index contributed by atoms with van der Waals surface area (Å²) in [7, 11) is -5.85. The summed E-state index contributed by atoms with van der Waals surface area (Å²) >= 11 is 0. The first-order chi connectivity index (χ1) is 25.0. The Balaban J connectivity index is 0.000000651. The monoisotopic (exact) mass is 939 g/mol. The smallest absolute Gasteiger partial charge is 0.0964 e. The van der Waals surface area contributed by atoms with Gasteiger partial charge in [-0.2, -0.15) is 0 Å². The summed E-state index contributed by atoms with van der Waals surface area (Å²) in [6, 6.07) is 33.1. The number of aromatic nitrogens is 2. The number of ether oxygens (including phenoxy) is 3. The molecule has 0 unspecified atom stereocenters. The van der Waals surface area contributed by atoms with Crippen LogP contribution in [-0.2, 0) is 25.1 Å². The Hall–Kier alpha value is -6.02. The molecule has 0 amide bonds. The average molecular weight is 939 g/mol. The predicted octanol–water partition coefficient (Wildman–Crippen LogP) is 12.9. The number of halogens is 6. The maximum absolute atomic E-state index is 10.7. The molecule has 4 aromatic carbocycles. The maximum Gasteiger partial charge on any atom is 0.0964 e. The summed E-state index contributed by atoms with van der Waals surface area (Å²) in [4.78, 5) is 18.4. The summed E-state index contributed by atoms with van der Waals surface area (Å²) in [5.74, 6) is 2.35. The molecule has 2 heterocycles. The molecule has 0 aliphatic heterocycles. The molecule has 0 bridgehead atoms. The molecule has 17 heteroatoms. The van der Waals surface area contributed by atoms with Gasteiger partial charge in [0.2, 0.25) is 0 Å². The van der Waals surface area contributed by atoms with Crippen LogP contribution in [-0.4, -0.2) is 31.3 Å². The van der Waals surface area contributed by atoms with E-state index in [2.05, 4.69) is 55.4 Å². The minimum absolute atomic E-state index is 0. The van der Waals surface area contributed by atoms with Crippen LogP contribution in [0.1, 0.15) is 0 Å². The standard InChI is InChI=1S/C12H8N2.3C8H7NO.CO.F6P.Re/c1-3-9-5-6-10-4-2-8-14-12(10)11(9)13-7-1;3*1-9-7-3-5-8(10-2)6-4-7;1-2;1-7(2,3,4,5)6;/h1-8H;3*3-6H,2H3;;;/q;;;;;-1;. The zero-order valence-corrected chi connectivity index (χ0v) is 32.1. The third kappa shape index (κ3) is 20.7. The van der Waals surface area contributed by atoms with Gasteiger partial charge in [0.05, 0.1) is 52.1 Å². The largest absolute Gasteiger partial charge is 0.254 e. The van der Waals surface area contributed by atoms with Gasteiger partial charge in [0, 0.05) is 43.6 Å². The average Bonchev–Trinajstić information content (AvgIpc) is 3.18. The van der Waals surface area contributed by atoms with E-state index in [-0.39, 0.29) is 20.4 Å². The number of benzene rings is 4. The van der Waals surface area contributed by atoms with Gasteiger partial charge in [-0.15, -0.1) is 0 Å². The van der Waals surface area contributed by atoms with Gasteiger partial charge in [-0.05, 0) is 48.5 Å². The molecule has 0 atom stereocenters. The van der Waals surface area contributed by atoms with Gasteiger partial charge in [-0.3, -0.25) is 9.97 Å². The van der Waals surface area contributed by atoms with Crippen molar-refractivity contribution in [2.45, 2.75) is 0 Å². The fourth-order valence-corrected chi connectivity index (χ4v) is 3.65. The normalized spacial score (nSPS) is 10.5. The van der Waals surface area contributed by atoms with Crippen molar-refractivity contribution in [3.63, 3.8) is 0 Å². The van der Waals surface area contributed by atoms with Crippen molar-refractivity contribution in [3.05, 3.63) is 162 Å². The molecule has 6 rings (SSSR count). The number of hydrogen-bond acceptors (Lipinski definition) is 5. The molecular formula is C37H29F6N5O4PRe-. The first-order valence-corrected chi connectivity index (χ1v) is 16.4. The molecular weight excluding hydrogens is 910 g/mol. The summed E-state index contributed by atoms with van der Waals surface area (Å²) < 4.78 is 81.4. The molecule has 0 saturated heterocycles. The van der Waals surface area contributed by atoms with E-state index in [4.69, 9.17) is 38.6 Å². The topological polar surface area (TPSA) is 86.5 Å². The Morgan fingerprint density at radius 2 is 0.722 bits per heavy atom. The second kappa shape index (κ2) is 22.1. The Labute approximate surface area is 321 Å². The molecule has 0 aliphatic rings. The van der Waals surface area contributed by atoms with E-state index >= 15 is 0 Å². The van der Waals surface area contributed by atoms with Crippen molar-refractivity contribution in [1.82, 2.24) is 9.97 Å². The van der Waals surface area contributed by atoms with Crippen LogP contribution >= 0.6 is 7.81 Å². The first-order valence-electron chi connectivity index (χ1n) is 14.4. The van der Waals surface area contributed by atoms with Gasteiger partial charge in [0.25, 0.3) is 0 Å². The number of nitrogens with zero attached hydrogens (tertiary/aromatic N) is 5. The van der Waals surface area contributed by atoms with Gasteiger partial charge in [-0.25, -0.2) is 14.5 Å². The number of rotatable bonds is 3. The molecule has 0 fully saturated rings. The van der Waals surface area contributed by atoms with Gasteiger partial charge >= 0.3 is 44.3 Å². The summed E-state index contributed by atoms with van der Waals surface area (Å²) in [5.41, 5.74) is 3.87. The van der Waals surface area contributed by atoms with E-state index in [1.807, 2.05) is 12.1 Å². The van der Waals surface area contributed by atoms with Crippen molar-refractivity contribution in [2.75, 3.05) is 21.3 Å². The Morgan fingerprint density at radius 3 is 0.926 bits per heavy atom. The Bertz CT molecular complexity index is 1990. The number of pyridine rings is 2. The summed E-state index contributed by atoms with van der Waals surface area (Å²) in [6.07, 6.45) is 3.60. The van der Waals surface area contributed by atoms with Crippen LogP contribution in [0.2, 0.25) is 0 Å². The van der Waals surface area contributed by atoms with Crippen LogP contribution in [0.25, 0.3) is 36.3 Å². The van der Waals surface area contributed by atoms with Crippen molar-refractivity contribution in [3.8, 4) is 17.2 Å². The van der Waals surface area contributed by atoms with E-state index in [9.17, 15) is 25.2 Å². The van der Waals surface area contributed by atoms with Gasteiger partial charge in [0.15, 0.2) is 17.1 Å². The predicted molar refractivity (Wildman–Crippen MR) is 192 cm³/mol. The third-order valence-corrected chi connectivity index (χ3v) is 5.95. The van der Waals surface area contributed by atoms with Crippen molar-refractivity contribution in [1.29, 1.82) is 0 Å². The van der Waals surface area contributed by atoms with Crippen LogP contribution in [0.4, 0.5) is 42.2 Å². The van der Waals surface area contributed by atoms with Crippen molar-refractivity contribution in [2.24, 2.45) is 0 Å². The zero-order valence-electron chi connectivity index (χ0n) is 28.5. The maximum atomic E-state index is 9.87. The SMILES string of the molecule is F[P-](F)(F)(F)(F)F.[C-]#[N+]c1ccc(OC)cc1.[C-]#[N+]c1ccc(OC)cc1.[C-]#[N+]c1ccc(OC)cc1.[C-]#[O+].[Re].c1cnc2c(c1)ccc1cccnc12. The molecule has 0 N–H and O–H groups in total. The number of fused-ring (bicyclic) bond motifs is 3. The Kier molecular flexibility index (Phi) is 19.7. The first kappa shape index (κ1) is 48.0. The van der Waals surface area contributed by atoms with E-state index in [0.29, 0.717) is 17.1 Å². The molecule has 9 nitrogen and oxygen atoms in total. The third-order valence-electron chi connectivity index (χ3n) is 5.95. The van der Waals surface area contributed by atoms with Crippen LogP contribution in [0.15, 0.2) is 122 Å². The molecule has 2 aromatic heterocycles. The van der Waals surface area contributed by atoms with Crippen LogP contribution in [0.3, 0.4) is 0 Å². The number of hydrogen-bond donors (Lipinski definition) is 0. The molecule has 0 saturated carbocycles. The summed E-state index contributed by atoms with van der Waals surface area (Å²) in [5, 5.41) is 2.28. The molecule has 0 spiro atoms. The van der Waals surface area contributed by atoms with E-state index in [1.54, 1.807) is 107 Å². The minimum atomic E-state index is -10.7. The fourth-order valence-electron chi connectivity index (χ4n) is 3.65. The molecule has 54 heavy (non-hydrogen) atoms. The van der Waals surface area contributed by atoms with Crippen molar-refractivity contribution >= 4 is 46.7 Å². The second-order valence-electron chi connectivity index (χ2n) is 9.60. The van der Waals surface area contributed by atoms with Gasteiger partial charge in [0.1, 0.15) is 17.2 Å². The van der Waals surface area contributed by atoms with Gasteiger partial charge in [-0.1, -0.05) is 60.7 Å². The van der Waals surface area contributed by atoms with E-state index < -0.39 is 7.81 Å². The number of methoxy groups -OCH3 is 3. The van der Waals surface area contributed by atoms with Crippen LogP contribution in [0.5, 0.6) is 17.2 Å². The zero-order chi connectivity index (χ0) is 40.0. The second-order valence-corrected chi connectivity index (χ2v) is 11.5. The summed E-state index contributed by atoms with van der Waals surface area (Å²) in [6.45, 7) is 24.5. The van der Waals surface area contributed by atoms with E-state index in [0.717, 1.165) is 39.1 Å². The molecule has 0 aliphatic carbocycles. The molecule has 281 valence electrons. The quantitative estimate of drug-likeness (QED) is 0.0580. The van der Waals surface area contributed by atoms with E-state index in [1.165, 1.54) is 0 Å². The van der Waals surface area contributed by atoms with Crippen LogP contribution in [0, 0.1) is 26.4 Å².